The summed E-state index contributed by atoms with van der Waals surface area (Å²) in [5, 5.41) is 29.4. The van der Waals surface area contributed by atoms with Gasteiger partial charge in [0.2, 0.25) is 15.9 Å². The molecule has 0 atom stereocenters. The molecule has 8 nitrogen and oxygen atoms in total. The van der Waals surface area contributed by atoms with E-state index in [0.717, 1.165) is 0 Å². The maximum atomic E-state index is 11.9. The van der Waals surface area contributed by atoms with E-state index in [1.165, 1.54) is 12.1 Å². The number of carbonyl (C=O) groups is 1. The normalized spacial score (nSPS) is 12.1. The molecule has 1 aromatic rings. The number of aliphatic hydroxyl groups is 3. The zero-order valence-corrected chi connectivity index (χ0v) is 12.0. The standard InChI is InChI=1S/C12H18N2O6S/c15-7-12(8-16,9-17)14-11(18)6-13-21(19,20)10-4-2-1-3-5-10/h1-5,13,15-17H,6-9H2,(H,14,18). The minimum Gasteiger partial charge on any atom is -0.394 e. The lowest BCUT2D eigenvalue weighted by Gasteiger charge is -2.28. The molecule has 5 N–H and O–H groups in total. The van der Waals surface area contributed by atoms with Crippen LogP contribution in [0.15, 0.2) is 35.2 Å². The number of hydrogen-bond acceptors (Lipinski definition) is 6. The van der Waals surface area contributed by atoms with E-state index < -0.39 is 47.8 Å². The summed E-state index contributed by atoms with van der Waals surface area (Å²) in [7, 11) is -3.83. The fourth-order valence-corrected chi connectivity index (χ4v) is 2.46. The molecule has 0 aliphatic carbocycles. The van der Waals surface area contributed by atoms with Gasteiger partial charge in [-0.15, -0.1) is 0 Å². The minimum atomic E-state index is -3.83. The minimum absolute atomic E-state index is 0.00976. The van der Waals surface area contributed by atoms with Crippen molar-refractivity contribution in [1.29, 1.82) is 0 Å². The van der Waals surface area contributed by atoms with Crippen molar-refractivity contribution in [1.82, 2.24) is 10.0 Å². The number of aliphatic hydroxyl groups excluding tert-OH is 3. The molecule has 0 heterocycles. The zero-order valence-electron chi connectivity index (χ0n) is 11.2. The molecule has 0 fully saturated rings. The SMILES string of the molecule is O=C(CNS(=O)(=O)c1ccccc1)NC(CO)(CO)CO. The highest BCUT2D eigenvalue weighted by Gasteiger charge is 2.30. The quantitative estimate of drug-likeness (QED) is 0.369. The third-order valence-electron chi connectivity index (χ3n) is 2.79. The Morgan fingerprint density at radius 3 is 2.05 bits per heavy atom. The summed E-state index contributed by atoms with van der Waals surface area (Å²) in [6, 6.07) is 7.50. The van der Waals surface area contributed by atoms with Gasteiger partial charge in [0.05, 0.1) is 31.3 Å². The molecule has 0 aromatic heterocycles. The number of carbonyl (C=O) groups excluding carboxylic acids is 1. The summed E-state index contributed by atoms with van der Waals surface area (Å²) in [5.41, 5.74) is -1.59. The van der Waals surface area contributed by atoms with Gasteiger partial charge in [-0.25, -0.2) is 13.1 Å². The third-order valence-corrected chi connectivity index (χ3v) is 4.21. The summed E-state index contributed by atoms with van der Waals surface area (Å²) in [4.78, 5) is 11.7. The van der Waals surface area contributed by atoms with Crippen LogP contribution in [0.25, 0.3) is 0 Å². The Kier molecular flexibility index (Phi) is 6.24. The summed E-state index contributed by atoms with van der Waals surface area (Å²) in [6.07, 6.45) is 0. The maximum absolute atomic E-state index is 11.9. The Morgan fingerprint density at radius 1 is 1.05 bits per heavy atom. The molecule has 0 saturated carbocycles. The summed E-state index contributed by atoms with van der Waals surface area (Å²) >= 11 is 0. The van der Waals surface area contributed by atoms with E-state index in [4.69, 9.17) is 15.3 Å². The largest absolute Gasteiger partial charge is 0.394 e. The second-order valence-electron chi connectivity index (χ2n) is 4.44. The highest BCUT2D eigenvalue weighted by Crippen LogP contribution is 2.06. The van der Waals surface area contributed by atoms with Crippen LogP contribution in [-0.4, -0.2) is 61.5 Å². The molecule has 1 rings (SSSR count). The Morgan fingerprint density at radius 2 is 1.57 bits per heavy atom. The number of rotatable bonds is 8. The number of nitrogens with one attached hydrogen (secondary N) is 2. The van der Waals surface area contributed by atoms with Crippen molar-refractivity contribution in [3.8, 4) is 0 Å². The number of benzene rings is 1. The van der Waals surface area contributed by atoms with Crippen LogP contribution in [0.4, 0.5) is 0 Å². The predicted molar refractivity (Wildman–Crippen MR) is 73.8 cm³/mol. The molecule has 0 aliphatic heterocycles. The molecule has 0 spiro atoms. The van der Waals surface area contributed by atoms with E-state index in [2.05, 4.69) is 10.0 Å². The average Bonchev–Trinajstić information content (AvgIpc) is 2.52. The monoisotopic (exact) mass is 318 g/mol. The molecule has 9 heteroatoms. The molecule has 0 bridgehead atoms. The molecule has 0 radical (unpaired) electrons. The Hall–Kier alpha value is -1.52. The van der Waals surface area contributed by atoms with E-state index in [1.54, 1.807) is 18.2 Å². The molecule has 0 unspecified atom stereocenters. The first-order valence-corrected chi connectivity index (χ1v) is 7.56. The van der Waals surface area contributed by atoms with Crippen LogP contribution in [0.3, 0.4) is 0 Å². The second kappa shape index (κ2) is 7.48. The van der Waals surface area contributed by atoms with Crippen LogP contribution < -0.4 is 10.0 Å². The average molecular weight is 318 g/mol. The van der Waals surface area contributed by atoms with Gasteiger partial charge in [-0.2, -0.15) is 0 Å². The van der Waals surface area contributed by atoms with Gasteiger partial charge in [-0.3, -0.25) is 4.79 Å². The van der Waals surface area contributed by atoms with Gasteiger partial charge in [-0.1, -0.05) is 18.2 Å². The molecule has 1 aromatic carbocycles. The van der Waals surface area contributed by atoms with Crippen molar-refractivity contribution < 1.29 is 28.5 Å². The highest BCUT2D eigenvalue weighted by molar-refractivity contribution is 7.89. The first-order chi connectivity index (χ1) is 9.89. The Labute approximate surface area is 122 Å². The zero-order chi connectivity index (χ0) is 15.9. The highest BCUT2D eigenvalue weighted by atomic mass is 32.2. The second-order valence-corrected chi connectivity index (χ2v) is 6.21. The van der Waals surface area contributed by atoms with Crippen molar-refractivity contribution in [2.24, 2.45) is 0 Å². The van der Waals surface area contributed by atoms with E-state index in [1.807, 2.05) is 0 Å². The van der Waals surface area contributed by atoms with Crippen molar-refractivity contribution in [3.05, 3.63) is 30.3 Å². The van der Waals surface area contributed by atoms with Crippen LogP contribution in [0.2, 0.25) is 0 Å². The van der Waals surface area contributed by atoms with E-state index in [9.17, 15) is 13.2 Å². The van der Waals surface area contributed by atoms with Crippen LogP contribution in [0.5, 0.6) is 0 Å². The van der Waals surface area contributed by atoms with Gasteiger partial charge >= 0.3 is 0 Å². The van der Waals surface area contributed by atoms with Gasteiger partial charge in [0.15, 0.2) is 0 Å². The smallest absolute Gasteiger partial charge is 0.241 e. The van der Waals surface area contributed by atoms with Crippen LogP contribution in [0.1, 0.15) is 0 Å². The lowest BCUT2D eigenvalue weighted by atomic mass is 10.0. The lowest BCUT2D eigenvalue weighted by Crippen LogP contribution is -2.58. The number of hydrogen-bond donors (Lipinski definition) is 5. The van der Waals surface area contributed by atoms with Crippen LogP contribution in [-0.2, 0) is 14.8 Å². The Bertz CT molecular complexity index is 548. The molecule has 0 aliphatic rings. The molecule has 21 heavy (non-hydrogen) atoms. The molecular weight excluding hydrogens is 300 g/mol. The summed E-state index contributed by atoms with van der Waals surface area (Å²) in [6.45, 7) is -2.63. The number of amides is 1. The van der Waals surface area contributed by atoms with Gasteiger partial charge in [0.25, 0.3) is 0 Å². The van der Waals surface area contributed by atoms with Crippen LogP contribution in [0, 0.1) is 0 Å². The number of sulfonamides is 1. The van der Waals surface area contributed by atoms with Crippen molar-refractivity contribution in [2.75, 3.05) is 26.4 Å². The van der Waals surface area contributed by atoms with Gasteiger partial charge in [0.1, 0.15) is 5.54 Å². The predicted octanol–water partition coefficient (Wildman–Crippen LogP) is -2.20. The first-order valence-electron chi connectivity index (χ1n) is 6.07. The first kappa shape index (κ1) is 17.5. The Balaban J connectivity index is 2.65. The van der Waals surface area contributed by atoms with Gasteiger partial charge in [0, 0.05) is 0 Å². The molecule has 0 saturated heterocycles. The van der Waals surface area contributed by atoms with Crippen molar-refractivity contribution >= 4 is 15.9 Å². The fraction of sp³-hybridized carbons (Fsp3) is 0.417. The molecule has 118 valence electrons. The fourth-order valence-electron chi connectivity index (χ4n) is 1.45. The van der Waals surface area contributed by atoms with Crippen molar-refractivity contribution in [3.63, 3.8) is 0 Å². The molecule has 1 amide bonds. The third kappa shape index (κ3) is 4.76. The molecular formula is C12H18N2O6S. The van der Waals surface area contributed by atoms with E-state index in [0.29, 0.717) is 0 Å². The van der Waals surface area contributed by atoms with Gasteiger partial charge in [-0.05, 0) is 12.1 Å². The maximum Gasteiger partial charge on any atom is 0.241 e. The van der Waals surface area contributed by atoms with Crippen LogP contribution >= 0.6 is 0 Å². The lowest BCUT2D eigenvalue weighted by molar-refractivity contribution is -0.124. The summed E-state index contributed by atoms with van der Waals surface area (Å²) in [5.74, 6) is -0.786. The van der Waals surface area contributed by atoms with Gasteiger partial charge < -0.3 is 20.6 Å². The van der Waals surface area contributed by atoms with E-state index >= 15 is 0 Å². The van der Waals surface area contributed by atoms with Crippen molar-refractivity contribution in [2.45, 2.75) is 10.4 Å². The van der Waals surface area contributed by atoms with E-state index in [-0.39, 0.29) is 4.90 Å². The topological polar surface area (TPSA) is 136 Å². The summed E-state index contributed by atoms with van der Waals surface area (Å²) < 4.78 is 25.8.